The Kier molecular flexibility index (Phi) is 5.80. The molecule has 0 bridgehead atoms. The zero-order valence-electron chi connectivity index (χ0n) is 11.9. The van der Waals surface area contributed by atoms with Crippen LogP contribution in [0.15, 0.2) is 0 Å². The smallest absolute Gasteiger partial charge is 0.236 e. The Labute approximate surface area is 116 Å². The fraction of sp³-hybridized carbons (Fsp3) is 0.923. The second kappa shape index (κ2) is 6.70. The van der Waals surface area contributed by atoms with Gasteiger partial charge in [0.1, 0.15) is 9.84 Å². The van der Waals surface area contributed by atoms with Crippen molar-refractivity contribution in [2.45, 2.75) is 51.5 Å². The number of nitrogens with one attached hydrogen (secondary N) is 1. The van der Waals surface area contributed by atoms with Crippen molar-refractivity contribution in [3.63, 3.8) is 0 Å². The fourth-order valence-corrected chi connectivity index (χ4v) is 3.28. The first-order valence-corrected chi connectivity index (χ1v) is 9.05. The molecular weight excluding hydrogens is 264 g/mol. The minimum Gasteiger partial charge on any atom is -0.354 e. The van der Waals surface area contributed by atoms with Gasteiger partial charge in [0, 0.05) is 12.8 Å². The molecule has 0 spiro atoms. The number of carbonyl (C=O) groups is 1. The summed E-state index contributed by atoms with van der Waals surface area (Å²) < 4.78 is 22.1. The summed E-state index contributed by atoms with van der Waals surface area (Å²) in [5.41, 5.74) is 5.98. The van der Waals surface area contributed by atoms with Crippen LogP contribution in [-0.2, 0) is 14.6 Å². The molecule has 0 saturated heterocycles. The molecule has 1 aliphatic rings. The lowest BCUT2D eigenvalue weighted by Crippen LogP contribution is -2.48. The summed E-state index contributed by atoms with van der Waals surface area (Å²) in [4.78, 5) is 11.8. The molecule has 112 valence electrons. The van der Waals surface area contributed by atoms with Crippen molar-refractivity contribution in [1.82, 2.24) is 5.32 Å². The molecule has 3 N–H and O–H groups in total. The standard InChI is InChI=1S/C13H26N2O3S/c1-3-6-13(7-4-8-13)10-15-12(16)11(14)5-9-19(2,17)18/h11H,3-10,14H2,1-2H3,(H,15,16). The Balaban J connectivity index is 2.34. The highest BCUT2D eigenvalue weighted by Crippen LogP contribution is 2.44. The van der Waals surface area contributed by atoms with E-state index in [0.717, 1.165) is 19.1 Å². The molecule has 1 amide bonds. The van der Waals surface area contributed by atoms with Crippen molar-refractivity contribution in [3.8, 4) is 0 Å². The maximum atomic E-state index is 11.8. The number of sulfone groups is 1. The number of hydrogen-bond acceptors (Lipinski definition) is 4. The molecule has 5 nitrogen and oxygen atoms in total. The number of nitrogens with two attached hydrogens (primary N) is 1. The first-order chi connectivity index (χ1) is 8.78. The summed E-state index contributed by atoms with van der Waals surface area (Å²) in [6.45, 7) is 2.83. The third kappa shape index (κ3) is 5.48. The number of hydrogen-bond donors (Lipinski definition) is 2. The lowest BCUT2D eigenvalue weighted by Gasteiger charge is -2.42. The van der Waals surface area contributed by atoms with Gasteiger partial charge in [0.2, 0.25) is 5.91 Å². The average molecular weight is 290 g/mol. The summed E-state index contributed by atoms with van der Waals surface area (Å²) >= 11 is 0. The molecule has 0 aromatic rings. The van der Waals surface area contributed by atoms with E-state index in [1.54, 1.807) is 0 Å². The average Bonchev–Trinajstić information content (AvgIpc) is 2.27. The van der Waals surface area contributed by atoms with E-state index in [0.29, 0.717) is 6.54 Å². The van der Waals surface area contributed by atoms with Crippen LogP contribution in [0.4, 0.5) is 0 Å². The number of amides is 1. The van der Waals surface area contributed by atoms with Crippen LogP contribution in [0.1, 0.15) is 45.4 Å². The summed E-state index contributed by atoms with van der Waals surface area (Å²) in [6, 6.07) is -0.728. The van der Waals surface area contributed by atoms with Gasteiger partial charge in [-0.05, 0) is 31.1 Å². The van der Waals surface area contributed by atoms with E-state index >= 15 is 0 Å². The van der Waals surface area contributed by atoms with Gasteiger partial charge in [0.25, 0.3) is 0 Å². The van der Waals surface area contributed by atoms with Crippen molar-refractivity contribution in [1.29, 1.82) is 0 Å². The van der Waals surface area contributed by atoms with Gasteiger partial charge in [-0.15, -0.1) is 0 Å². The van der Waals surface area contributed by atoms with Crippen LogP contribution in [0.5, 0.6) is 0 Å². The van der Waals surface area contributed by atoms with Gasteiger partial charge >= 0.3 is 0 Å². The highest BCUT2D eigenvalue weighted by Gasteiger charge is 2.36. The van der Waals surface area contributed by atoms with Crippen molar-refractivity contribution < 1.29 is 13.2 Å². The van der Waals surface area contributed by atoms with Crippen LogP contribution in [-0.4, -0.2) is 38.9 Å². The lowest BCUT2D eigenvalue weighted by atomic mass is 9.66. The summed E-state index contributed by atoms with van der Waals surface area (Å²) in [5.74, 6) is -0.271. The van der Waals surface area contributed by atoms with Crippen LogP contribution in [0, 0.1) is 5.41 Å². The van der Waals surface area contributed by atoms with E-state index in [4.69, 9.17) is 5.73 Å². The zero-order valence-corrected chi connectivity index (χ0v) is 12.8. The van der Waals surface area contributed by atoms with Crippen molar-refractivity contribution in [3.05, 3.63) is 0 Å². The molecule has 1 fully saturated rings. The Bertz CT molecular complexity index is 402. The van der Waals surface area contributed by atoms with Crippen LogP contribution >= 0.6 is 0 Å². The first-order valence-electron chi connectivity index (χ1n) is 6.99. The van der Waals surface area contributed by atoms with Crippen LogP contribution in [0.3, 0.4) is 0 Å². The SMILES string of the molecule is CCCC1(CNC(=O)C(N)CCS(C)(=O)=O)CCC1. The van der Waals surface area contributed by atoms with Gasteiger partial charge in [-0.3, -0.25) is 4.79 Å². The second-order valence-electron chi connectivity index (χ2n) is 5.85. The van der Waals surface area contributed by atoms with E-state index in [1.165, 1.54) is 19.3 Å². The molecule has 19 heavy (non-hydrogen) atoms. The van der Waals surface area contributed by atoms with Crippen LogP contribution in [0.25, 0.3) is 0 Å². The Morgan fingerprint density at radius 3 is 2.47 bits per heavy atom. The van der Waals surface area contributed by atoms with Crippen molar-refractivity contribution in [2.24, 2.45) is 11.1 Å². The molecule has 1 aliphatic carbocycles. The normalized spacial score (nSPS) is 19.5. The summed E-state index contributed by atoms with van der Waals surface area (Å²) in [6.07, 6.45) is 7.16. The van der Waals surface area contributed by atoms with Gasteiger partial charge in [-0.1, -0.05) is 19.8 Å². The van der Waals surface area contributed by atoms with Crippen LogP contribution in [0.2, 0.25) is 0 Å². The van der Waals surface area contributed by atoms with E-state index < -0.39 is 15.9 Å². The monoisotopic (exact) mass is 290 g/mol. The Morgan fingerprint density at radius 2 is 2.05 bits per heavy atom. The van der Waals surface area contributed by atoms with Crippen LogP contribution < -0.4 is 11.1 Å². The van der Waals surface area contributed by atoms with E-state index in [-0.39, 0.29) is 23.5 Å². The Hall–Kier alpha value is -0.620. The predicted molar refractivity (Wildman–Crippen MR) is 76.5 cm³/mol. The van der Waals surface area contributed by atoms with Gasteiger partial charge in [0.05, 0.1) is 11.8 Å². The number of rotatable bonds is 8. The zero-order chi connectivity index (χ0) is 14.5. The minimum atomic E-state index is -3.06. The fourth-order valence-electron chi connectivity index (χ4n) is 2.60. The largest absolute Gasteiger partial charge is 0.354 e. The summed E-state index contributed by atoms with van der Waals surface area (Å²) in [7, 11) is -3.06. The van der Waals surface area contributed by atoms with E-state index in [1.807, 2.05) is 0 Å². The maximum absolute atomic E-state index is 11.8. The molecule has 0 aromatic heterocycles. The highest BCUT2D eigenvalue weighted by molar-refractivity contribution is 7.90. The molecule has 1 atom stereocenters. The minimum absolute atomic E-state index is 0.0400. The van der Waals surface area contributed by atoms with Gasteiger partial charge < -0.3 is 11.1 Å². The molecular formula is C13H26N2O3S. The molecule has 0 heterocycles. The molecule has 0 aromatic carbocycles. The second-order valence-corrected chi connectivity index (χ2v) is 8.11. The van der Waals surface area contributed by atoms with Crippen molar-refractivity contribution >= 4 is 15.7 Å². The van der Waals surface area contributed by atoms with Gasteiger partial charge in [-0.2, -0.15) is 0 Å². The maximum Gasteiger partial charge on any atom is 0.236 e. The Morgan fingerprint density at radius 1 is 1.42 bits per heavy atom. The molecule has 6 heteroatoms. The third-order valence-electron chi connectivity index (χ3n) is 3.97. The summed E-state index contributed by atoms with van der Waals surface area (Å²) in [5, 5.41) is 2.89. The van der Waals surface area contributed by atoms with Gasteiger partial charge in [-0.25, -0.2) is 8.42 Å². The van der Waals surface area contributed by atoms with E-state index in [2.05, 4.69) is 12.2 Å². The third-order valence-corrected chi connectivity index (χ3v) is 4.95. The predicted octanol–water partition coefficient (Wildman–Crippen LogP) is 0.835. The first kappa shape index (κ1) is 16.4. The molecule has 1 unspecified atom stereocenters. The molecule has 0 radical (unpaired) electrons. The van der Waals surface area contributed by atoms with Gasteiger partial charge in [0.15, 0.2) is 0 Å². The highest BCUT2D eigenvalue weighted by atomic mass is 32.2. The molecule has 1 saturated carbocycles. The van der Waals surface area contributed by atoms with Crippen molar-refractivity contribution in [2.75, 3.05) is 18.6 Å². The molecule has 0 aliphatic heterocycles. The van der Waals surface area contributed by atoms with E-state index in [9.17, 15) is 13.2 Å². The number of carbonyl (C=O) groups excluding carboxylic acids is 1. The quantitative estimate of drug-likeness (QED) is 0.693. The molecule has 1 rings (SSSR count). The topological polar surface area (TPSA) is 89.3 Å². The lowest BCUT2D eigenvalue weighted by molar-refractivity contribution is -0.123.